The van der Waals surface area contributed by atoms with Gasteiger partial charge < -0.3 is 0 Å². The Morgan fingerprint density at radius 1 is 1.15 bits per heavy atom. The maximum absolute atomic E-state index is 12.1. The number of H-pyrrole nitrogens is 1. The summed E-state index contributed by atoms with van der Waals surface area (Å²) in [5, 5.41) is 0. The third-order valence-electron chi connectivity index (χ3n) is 3.87. The number of hydrogen-bond acceptors (Lipinski definition) is 12. The Morgan fingerprint density at radius 3 is 2.30 bits per heavy atom. The predicted molar refractivity (Wildman–Crippen MR) is 104 cm³/mol. The molecule has 1 saturated heterocycles. The van der Waals surface area contributed by atoms with Gasteiger partial charge in [0.05, 0.1) is 0 Å². The van der Waals surface area contributed by atoms with E-state index in [1.54, 1.807) is 0 Å². The van der Waals surface area contributed by atoms with Crippen LogP contribution in [0.4, 0.5) is 0 Å². The molecule has 2 heterocycles. The minimum atomic E-state index is -5.72. The molecule has 1 fully saturated rings. The van der Waals surface area contributed by atoms with Crippen molar-refractivity contribution < 1.29 is 70.4 Å². The Morgan fingerprint density at radius 2 is 1.76 bits per heavy atom. The van der Waals surface area contributed by atoms with Gasteiger partial charge in [0.25, 0.3) is 0 Å². The van der Waals surface area contributed by atoms with E-state index in [0.29, 0.717) is 0 Å². The molecule has 0 spiro atoms. The molecule has 1 aliphatic heterocycles. The first kappa shape index (κ1) is 28.6. The molecule has 1 aliphatic rings. The van der Waals surface area contributed by atoms with Crippen molar-refractivity contribution in [1.82, 2.24) is 9.55 Å². The van der Waals surface area contributed by atoms with Gasteiger partial charge in [0, 0.05) is 0 Å². The molecular formula is C10H20N2O17P4. The Balaban J connectivity index is 2.22. The Bertz CT molecular complexity index is 1120. The van der Waals surface area contributed by atoms with Crippen molar-refractivity contribution in [3.05, 3.63) is 32.6 Å². The first-order chi connectivity index (χ1) is 14.8. The molecular weight excluding hydrogens is 544 g/mol. The second-order valence-corrected chi connectivity index (χ2v) is 12.3. The molecule has 0 aliphatic carbocycles. The second kappa shape index (κ2) is 10.1. The van der Waals surface area contributed by atoms with Crippen LogP contribution in [0.25, 0.3) is 0 Å². The molecule has 33 heavy (non-hydrogen) atoms. The summed E-state index contributed by atoms with van der Waals surface area (Å²) in [5.41, 5.74) is -1.65. The summed E-state index contributed by atoms with van der Waals surface area (Å²) in [7, 11) is -22.2. The van der Waals surface area contributed by atoms with Crippen molar-refractivity contribution in [3.8, 4) is 0 Å². The van der Waals surface area contributed by atoms with Crippen molar-refractivity contribution in [1.29, 1.82) is 0 Å². The maximum atomic E-state index is 12.1. The van der Waals surface area contributed by atoms with Crippen LogP contribution in [-0.4, -0.2) is 69.2 Å². The average Bonchev–Trinajstić information content (AvgIpc) is 2.93. The van der Waals surface area contributed by atoms with E-state index in [-0.39, 0.29) is 5.56 Å². The SMILES string of the molecule is Cc1cn(C2CO[C@H](CO[PH](O)(O)OP(=O)(O)OP(=O)(O)O)C2OP(=O)(O)O)c(=O)[nH]c1=O. The van der Waals surface area contributed by atoms with Crippen molar-refractivity contribution in [2.45, 2.75) is 25.2 Å². The van der Waals surface area contributed by atoms with Gasteiger partial charge in [-0.25, -0.2) is 0 Å². The van der Waals surface area contributed by atoms with Gasteiger partial charge in [-0.05, 0) is 0 Å². The van der Waals surface area contributed by atoms with E-state index >= 15 is 0 Å². The topological polar surface area (TPSA) is 294 Å². The fraction of sp³-hybridized carbons (Fsp3) is 0.600. The average molecular weight is 564 g/mol. The molecule has 0 radical (unpaired) electrons. The van der Waals surface area contributed by atoms with E-state index in [4.69, 9.17) is 14.5 Å². The van der Waals surface area contributed by atoms with E-state index in [1.807, 2.05) is 4.98 Å². The molecule has 3 unspecified atom stereocenters. The number of aromatic amines is 1. The zero-order chi connectivity index (χ0) is 25.4. The van der Waals surface area contributed by atoms with Crippen molar-refractivity contribution in [2.24, 2.45) is 0 Å². The standard InChI is InChI=1S/C10H20N2O17P4/c1-5-2-12(10(14)11-9(5)13)6-3-25-7(8(6)27-30(15,16)17)4-26-32(21,22)29-33(23,24)28-31(18,19)20/h2,6-8,21-22,32H,3-4H2,1H3,(H,23,24)(H,11,13,14)(H2,15,16,17)(H2,18,19,20)/t6?,7-,8?/m1/s1. The van der Waals surface area contributed by atoms with Crippen molar-refractivity contribution in [3.63, 3.8) is 0 Å². The van der Waals surface area contributed by atoms with E-state index in [1.165, 1.54) is 6.92 Å². The molecule has 1 aromatic heterocycles. The monoisotopic (exact) mass is 564 g/mol. The third kappa shape index (κ3) is 8.80. The normalized spacial score (nSPS) is 24.5. The molecule has 1 aromatic rings. The summed E-state index contributed by atoms with van der Waals surface area (Å²) >= 11 is 0. The number of nitrogens with zero attached hydrogens (tertiary/aromatic N) is 1. The number of aryl methyl sites for hydroxylation is 1. The fourth-order valence-corrected chi connectivity index (χ4v) is 6.59. The van der Waals surface area contributed by atoms with Crippen LogP contribution in [0.2, 0.25) is 0 Å². The van der Waals surface area contributed by atoms with Crippen LogP contribution in [0.15, 0.2) is 15.8 Å². The number of phosphoric ester groups is 1. The molecule has 23 heteroatoms. The van der Waals surface area contributed by atoms with Crippen LogP contribution < -0.4 is 11.2 Å². The van der Waals surface area contributed by atoms with Gasteiger partial charge in [0.15, 0.2) is 0 Å². The van der Waals surface area contributed by atoms with Gasteiger partial charge in [0.2, 0.25) is 0 Å². The predicted octanol–water partition coefficient (Wildman–Crippen LogP) is -2.10. The molecule has 0 saturated carbocycles. The number of rotatable bonds is 10. The number of ether oxygens (including phenoxy) is 1. The minimum absolute atomic E-state index is 0.0542. The molecule has 0 aromatic carbocycles. The molecule has 4 atom stereocenters. The number of phosphoric acid groups is 3. The van der Waals surface area contributed by atoms with Gasteiger partial charge in [-0.1, -0.05) is 0 Å². The van der Waals surface area contributed by atoms with Crippen LogP contribution in [0.5, 0.6) is 0 Å². The van der Waals surface area contributed by atoms with Crippen LogP contribution in [0.1, 0.15) is 11.6 Å². The summed E-state index contributed by atoms with van der Waals surface area (Å²) in [6.45, 7) is -0.130. The first-order valence-corrected chi connectivity index (χ1v) is 14.6. The van der Waals surface area contributed by atoms with E-state index in [0.717, 1.165) is 10.8 Å². The Hall–Kier alpha value is -0.680. The van der Waals surface area contributed by atoms with Gasteiger partial charge >= 0.3 is 183 Å². The van der Waals surface area contributed by atoms with Gasteiger partial charge in [-0.3, -0.25) is 0 Å². The first-order valence-electron chi connectivity index (χ1n) is 8.35. The molecule has 8 N–H and O–H groups in total. The summed E-state index contributed by atoms with van der Waals surface area (Å²) in [6.07, 6.45) is -2.17. The molecule has 19 nitrogen and oxygen atoms in total. The van der Waals surface area contributed by atoms with E-state index in [9.17, 15) is 47.8 Å². The number of hydrogen-bond donors (Lipinski definition) is 8. The summed E-state index contributed by atoms with van der Waals surface area (Å²) in [5.74, 6) is 0. The summed E-state index contributed by atoms with van der Waals surface area (Å²) < 4.78 is 55.9. The van der Waals surface area contributed by atoms with Gasteiger partial charge in [-0.15, -0.1) is 0 Å². The fourth-order valence-electron chi connectivity index (χ4n) is 2.69. The second-order valence-electron chi connectivity index (χ2n) is 6.47. The van der Waals surface area contributed by atoms with Crippen LogP contribution in [-0.2, 0) is 36.1 Å². The van der Waals surface area contributed by atoms with E-state index < -0.39 is 74.4 Å². The molecule has 0 bridgehead atoms. The zero-order valence-electron chi connectivity index (χ0n) is 16.2. The van der Waals surface area contributed by atoms with Crippen LogP contribution >= 0.6 is 31.6 Å². The molecule has 0 amide bonds. The van der Waals surface area contributed by atoms with Crippen LogP contribution in [0.3, 0.4) is 0 Å². The Kier molecular flexibility index (Phi) is 8.76. The Labute approximate surface area is 183 Å². The van der Waals surface area contributed by atoms with Gasteiger partial charge in [0.1, 0.15) is 0 Å². The van der Waals surface area contributed by atoms with Gasteiger partial charge in [-0.2, -0.15) is 0 Å². The molecule has 192 valence electrons. The summed E-state index contributed by atoms with van der Waals surface area (Å²) in [6, 6.07) is -1.26. The van der Waals surface area contributed by atoms with Crippen molar-refractivity contribution in [2.75, 3.05) is 13.2 Å². The summed E-state index contributed by atoms with van der Waals surface area (Å²) in [4.78, 5) is 89.6. The van der Waals surface area contributed by atoms with Crippen molar-refractivity contribution >= 4 is 31.6 Å². The number of nitrogens with one attached hydrogen (secondary N) is 1. The van der Waals surface area contributed by atoms with E-state index in [2.05, 4.69) is 17.7 Å². The zero-order valence-corrected chi connectivity index (χ0v) is 19.9. The third-order valence-corrected chi connectivity index (χ3v) is 8.48. The van der Waals surface area contributed by atoms with Crippen LogP contribution in [0, 0.1) is 6.92 Å². The quantitative estimate of drug-likeness (QED) is 0.141. The molecule has 2 rings (SSSR count). The number of aromatic nitrogens is 2.